The van der Waals surface area contributed by atoms with E-state index in [2.05, 4.69) is 0 Å². The first-order valence-corrected chi connectivity index (χ1v) is 10.4. The summed E-state index contributed by atoms with van der Waals surface area (Å²) < 4.78 is 0. The first-order valence-electron chi connectivity index (χ1n) is 10.4. The summed E-state index contributed by atoms with van der Waals surface area (Å²) in [5, 5.41) is 61.5. The molecule has 0 radical (unpaired) electrons. The SMILES string of the molecule is Oc1ccccc1Cc1cc(Cc2cc(Cc3ccccc3O)c(O)cc2O)c(O)cc1O. The van der Waals surface area contributed by atoms with Crippen molar-refractivity contribution in [1.82, 2.24) is 0 Å². The molecule has 6 heteroatoms. The zero-order valence-electron chi connectivity index (χ0n) is 17.7. The average Bonchev–Trinajstić information content (AvgIpc) is 2.77. The largest absolute Gasteiger partial charge is 0.508 e. The van der Waals surface area contributed by atoms with Gasteiger partial charge in [0.15, 0.2) is 0 Å². The molecule has 4 aromatic carbocycles. The first kappa shape index (κ1) is 21.9. The van der Waals surface area contributed by atoms with Crippen molar-refractivity contribution >= 4 is 0 Å². The second kappa shape index (κ2) is 9.04. The maximum Gasteiger partial charge on any atom is 0.122 e. The summed E-state index contributed by atoms with van der Waals surface area (Å²) in [4.78, 5) is 0. The Hall–Kier alpha value is -4.32. The third-order valence-electron chi connectivity index (χ3n) is 5.69. The topological polar surface area (TPSA) is 121 Å². The molecule has 0 saturated carbocycles. The van der Waals surface area contributed by atoms with Gasteiger partial charge in [0.25, 0.3) is 0 Å². The summed E-state index contributed by atoms with van der Waals surface area (Å²) in [5.41, 5.74) is 3.21. The monoisotopic (exact) mass is 444 g/mol. The van der Waals surface area contributed by atoms with Gasteiger partial charge < -0.3 is 30.6 Å². The third-order valence-corrected chi connectivity index (χ3v) is 5.69. The Labute approximate surface area is 190 Å². The predicted molar refractivity (Wildman–Crippen MR) is 124 cm³/mol. The Balaban J connectivity index is 1.66. The summed E-state index contributed by atoms with van der Waals surface area (Å²) >= 11 is 0. The molecule has 0 amide bonds. The average molecular weight is 444 g/mol. The predicted octanol–water partition coefficient (Wildman–Crippen LogP) is 4.69. The second-order valence-corrected chi connectivity index (χ2v) is 8.01. The van der Waals surface area contributed by atoms with Crippen LogP contribution in [-0.2, 0) is 19.3 Å². The number of hydrogen-bond acceptors (Lipinski definition) is 6. The fourth-order valence-electron chi connectivity index (χ4n) is 3.85. The van der Waals surface area contributed by atoms with E-state index in [1.54, 1.807) is 60.7 Å². The van der Waals surface area contributed by atoms with Gasteiger partial charge in [-0.25, -0.2) is 0 Å². The lowest BCUT2D eigenvalue weighted by atomic mass is 9.94. The number of aromatic hydroxyl groups is 6. The molecule has 4 aromatic rings. The van der Waals surface area contributed by atoms with Crippen molar-refractivity contribution in [2.24, 2.45) is 0 Å². The lowest BCUT2D eigenvalue weighted by Gasteiger charge is -2.14. The van der Waals surface area contributed by atoms with E-state index in [0.29, 0.717) is 33.4 Å². The maximum atomic E-state index is 10.4. The fourth-order valence-corrected chi connectivity index (χ4v) is 3.85. The quantitative estimate of drug-likeness (QED) is 0.257. The third kappa shape index (κ3) is 4.80. The highest BCUT2D eigenvalue weighted by atomic mass is 16.3. The van der Waals surface area contributed by atoms with Crippen LogP contribution in [-0.4, -0.2) is 30.6 Å². The molecule has 0 spiro atoms. The van der Waals surface area contributed by atoms with Gasteiger partial charge in [0.05, 0.1) is 0 Å². The zero-order chi connectivity index (χ0) is 23.5. The molecule has 33 heavy (non-hydrogen) atoms. The van der Waals surface area contributed by atoms with Gasteiger partial charge in [-0.2, -0.15) is 0 Å². The molecule has 0 aliphatic rings. The number of rotatable bonds is 6. The number of benzene rings is 4. The van der Waals surface area contributed by atoms with E-state index in [0.717, 1.165) is 0 Å². The van der Waals surface area contributed by atoms with Crippen LogP contribution in [0.5, 0.6) is 34.5 Å². The smallest absolute Gasteiger partial charge is 0.122 e. The molecular formula is C27H24O6. The van der Waals surface area contributed by atoms with Crippen molar-refractivity contribution in [1.29, 1.82) is 0 Å². The Morgan fingerprint density at radius 1 is 0.333 bits per heavy atom. The van der Waals surface area contributed by atoms with E-state index in [9.17, 15) is 30.6 Å². The minimum absolute atomic E-state index is 0.102. The van der Waals surface area contributed by atoms with E-state index >= 15 is 0 Å². The minimum atomic E-state index is -0.136. The fraction of sp³-hybridized carbons (Fsp3) is 0.111. The summed E-state index contributed by atoms with van der Waals surface area (Å²) in [6, 6.07) is 19.4. The van der Waals surface area contributed by atoms with Crippen molar-refractivity contribution in [3.8, 4) is 34.5 Å². The molecule has 0 heterocycles. The molecular weight excluding hydrogens is 420 g/mol. The second-order valence-electron chi connectivity index (χ2n) is 8.01. The summed E-state index contributed by atoms with van der Waals surface area (Å²) in [6.07, 6.45) is 0.650. The van der Waals surface area contributed by atoms with Crippen LogP contribution in [0.2, 0.25) is 0 Å². The molecule has 0 bridgehead atoms. The van der Waals surface area contributed by atoms with Gasteiger partial charge in [0.1, 0.15) is 34.5 Å². The Kier molecular flexibility index (Phi) is 6.00. The molecule has 0 unspecified atom stereocenters. The highest BCUT2D eigenvalue weighted by Crippen LogP contribution is 2.36. The molecule has 4 rings (SSSR count). The molecule has 0 aliphatic heterocycles. The van der Waals surface area contributed by atoms with Crippen LogP contribution in [0, 0.1) is 0 Å². The Bertz CT molecular complexity index is 1210. The summed E-state index contributed by atoms with van der Waals surface area (Å²) in [5.74, 6) is -0.260. The van der Waals surface area contributed by atoms with E-state index in [1.807, 2.05) is 0 Å². The molecule has 0 fully saturated rings. The highest BCUT2D eigenvalue weighted by molar-refractivity contribution is 5.53. The Morgan fingerprint density at radius 2 is 0.636 bits per heavy atom. The van der Waals surface area contributed by atoms with Crippen molar-refractivity contribution in [2.45, 2.75) is 19.3 Å². The van der Waals surface area contributed by atoms with Crippen LogP contribution >= 0.6 is 0 Å². The molecule has 6 nitrogen and oxygen atoms in total. The van der Waals surface area contributed by atoms with Crippen molar-refractivity contribution in [3.63, 3.8) is 0 Å². The standard InChI is InChI=1S/C27H24O6/c28-22-7-3-1-5-16(22)9-18-11-20(26(32)14-24(18)30)13-21-12-19(25(31)15-27(21)33)10-17-6-2-4-8-23(17)29/h1-8,11-12,14-15,28-33H,9-10,13H2. The zero-order valence-corrected chi connectivity index (χ0v) is 17.7. The lowest BCUT2D eigenvalue weighted by Crippen LogP contribution is -1.97. The van der Waals surface area contributed by atoms with Gasteiger partial charge >= 0.3 is 0 Å². The van der Waals surface area contributed by atoms with Crippen LogP contribution in [0.25, 0.3) is 0 Å². The molecule has 0 aromatic heterocycles. The van der Waals surface area contributed by atoms with Gasteiger partial charge in [0.2, 0.25) is 0 Å². The van der Waals surface area contributed by atoms with Crippen LogP contribution in [0.3, 0.4) is 0 Å². The molecule has 0 saturated heterocycles. The maximum absolute atomic E-state index is 10.4. The van der Waals surface area contributed by atoms with Crippen molar-refractivity contribution in [3.05, 3.63) is 106 Å². The van der Waals surface area contributed by atoms with Gasteiger partial charge in [-0.15, -0.1) is 0 Å². The van der Waals surface area contributed by atoms with Gasteiger partial charge in [-0.3, -0.25) is 0 Å². The molecule has 0 aliphatic carbocycles. The van der Waals surface area contributed by atoms with Gasteiger partial charge in [-0.1, -0.05) is 36.4 Å². The van der Waals surface area contributed by atoms with Crippen molar-refractivity contribution in [2.75, 3.05) is 0 Å². The van der Waals surface area contributed by atoms with Gasteiger partial charge in [0, 0.05) is 31.4 Å². The lowest BCUT2D eigenvalue weighted by molar-refractivity contribution is 0.439. The van der Waals surface area contributed by atoms with Crippen LogP contribution in [0.4, 0.5) is 0 Å². The number of phenolic OH excluding ortho intramolecular Hbond substituents is 6. The number of para-hydroxylation sites is 2. The number of phenols is 6. The first-order chi connectivity index (χ1) is 15.8. The number of hydrogen-bond donors (Lipinski definition) is 6. The van der Waals surface area contributed by atoms with E-state index in [-0.39, 0.29) is 53.8 Å². The Morgan fingerprint density at radius 3 is 0.970 bits per heavy atom. The molecule has 0 atom stereocenters. The minimum Gasteiger partial charge on any atom is -0.508 e. The van der Waals surface area contributed by atoms with Crippen LogP contribution in [0.15, 0.2) is 72.8 Å². The van der Waals surface area contributed by atoms with E-state index < -0.39 is 0 Å². The van der Waals surface area contributed by atoms with E-state index in [4.69, 9.17) is 0 Å². The molecule has 6 N–H and O–H groups in total. The molecule has 168 valence electrons. The van der Waals surface area contributed by atoms with Crippen LogP contribution < -0.4 is 0 Å². The normalized spacial score (nSPS) is 10.9. The van der Waals surface area contributed by atoms with E-state index in [1.165, 1.54) is 12.1 Å². The van der Waals surface area contributed by atoms with Crippen LogP contribution in [0.1, 0.15) is 33.4 Å². The highest BCUT2D eigenvalue weighted by Gasteiger charge is 2.16. The summed E-state index contributed by atoms with van der Waals surface area (Å²) in [6.45, 7) is 0. The summed E-state index contributed by atoms with van der Waals surface area (Å²) in [7, 11) is 0. The van der Waals surface area contributed by atoms with Crippen molar-refractivity contribution < 1.29 is 30.6 Å². The van der Waals surface area contributed by atoms with Gasteiger partial charge in [-0.05, 0) is 57.6 Å².